The molecule has 0 atom stereocenters. The summed E-state index contributed by atoms with van der Waals surface area (Å²) in [6.07, 6.45) is 10.6. The van der Waals surface area contributed by atoms with Crippen molar-refractivity contribution in [3.63, 3.8) is 0 Å². The standard InChI is InChI=1S/2C23H23FN6O3/c1-29-11-15(8-26-29)18-9-25-17-4-5-21(28-23(17)27-18)30(10-14-12-33-13-14)19-6-16(31-2)7-20(32-3)22(19)24;1-29-11-15(8-26-29)19-9-25-17-4-5-21(30(23(17)28-19)10-14-12-33-13-14)27-18-6-16(31-2)7-20(32-3)22(18)24/h2*4-9,11,14H,10,12-13H2,1-3H3. The van der Waals surface area contributed by atoms with Crippen LogP contribution in [0.4, 0.5) is 26.0 Å². The largest absolute Gasteiger partial charge is 0.497 e. The van der Waals surface area contributed by atoms with Crippen LogP contribution in [0.2, 0.25) is 0 Å². The summed E-state index contributed by atoms with van der Waals surface area (Å²) in [5.74, 6) is 1.13. The monoisotopic (exact) mass is 900 g/mol. The number of rotatable bonds is 13. The van der Waals surface area contributed by atoms with E-state index < -0.39 is 11.6 Å². The van der Waals surface area contributed by atoms with Gasteiger partial charge in [0.05, 0.1) is 96.7 Å². The van der Waals surface area contributed by atoms with E-state index in [0.717, 1.165) is 11.1 Å². The Morgan fingerprint density at radius 3 is 1.88 bits per heavy atom. The summed E-state index contributed by atoms with van der Waals surface area (Å²) in [6, 6.07) is 13.5. The molecule has 20 heteroatoms. The molecule has 66 heavy (non-hydrogen) atoms. The zero-order chi connectivity index (χ0) is 45.9. The van der Waals surface area contributed by atoms with Gasteiger partial charge in [-0.1, -0.05) is 0 Å². The normalized spacial score (nSPS) is 14.1. The first-order valence-electron chi connectivity index (χ1n) is 20.9. The average molecular weight is 901 g/mol. The van der Waals surface area contributed by atoms with E-state index in [-0.39, 0.29) is 23.1 Å². The summed E-state index contributed by atoms with van der Waals surface area (Å²) in [4.78, 5) is 29.8. The molecule has 0 unspecified atom stereocenters. The van der Waals surface area contributed by atoms with E-state index in [0.29, 0.717) is 108 Å². The maximum absolute atomic E-state index is 15.4. The van der Waals surface area contributed by atoms with Gasteiger partial charge in [0.2, 0.25) is 0 Å². The van der Waals surface area contributed by atoms with E-state index in [1.165, 1.54) is 46.6 Å². The number of anilines is 2. The second-order valence-electron chi connectivity index (χ2n) is 15.7. The molecule has 8 heterocycles. The first kappa shape index (κ1) is 43.7. The Morgan fingerprint density at radius 1 is 0.682 bits per heavy atom. The molecule has 0 spiro atoms. The van der Waals surface area contributed by atoms with Gasteiger partial charge in [-0.25, -0.2) is 28.7 Å². The highest BCUT2D eigenvalue weighted by molar-refractivity contribution is 5.77. The third-order valence-electron chi connectivity index (χ3n) is 11.1. The predicted octanol–water partition coefficient (Wildman–Crippen LogP) is 6.23. The summed E-state index contributed by atoms with van der Waals surface area (Å²) in [5.41, 5.74) is 6.48. The highest BCUT2D eigenvalue weighted by Crippen LogP contribution is 2.38. The van der Waals surface area contributed by atoms with Gasteiger partial charge in [0, 0.05) is 86.8 Å². The Kier molecular flexibility index (Phi) is 12.5. The second kappa shape index (κ2) is 18.9. The summed E-state index contributed by atoms with van der Waals surface area (Å²) >= 11 is 0. The number of benzene rings is 2. The van der Waals surface area contributed by atoms with Crippen molar-refractivity contribution in [2.24, 2.45) is 30.9 Å². The molecule has 0 amide bonds. The van der Waals surface area contributed by atoms with Gasteiger partial charge in [0.15, 0.2) is 34.4 Å². The molecule has 10 rings (SSSR count). The number of hydrogen-bond donors (Lipinski definition) is 0. The number of nitrogens with zero attached hydrogens (tertiary/aromatic N) is 12. The fourth-order valence-corrected chi connectivity index (χ4v) is 7.42. The van der Waals surface area contributed by atoms with E-state index >= 15 is 8.78 Å². The molecule has 0 aliphatic carbocycles. The molecular formula is C46H46F2N12O6. The molecule has 0 saturated carbocycles. The van der Waals surface area contributed by atoms with Crippen molar-refractivity contribution < 1.29 is 37.2 Å². The molecular weight excluding hydrogens is 855 g/mol. The molecule has 2 aliphatic rings. The highest BCUT2D eigenvalue weighted by Gasteiger charge is 2.28. The van der Waals surface area contributed by atoms with Crippen LogP contribution in [0.25, 0.3) is 44.8 Å². The Balaban J connectivity index is 0.000000166. The minimum absolute atomic E-state index is 0.0616. The lowest BCUT2D eigenvalue weighted by Gasteiger charge is -2.33. The third kappa shape index (κ3) is 9.04. The number of halogens is 2. The zero-order valence-electron chi connectivity index (χ0n) is 37.1. The molecule has 0 radical (unpaired) electrons. The average Bonchev–Trinajstić information content (AvgIpc) is 3.96. The van der Waals surface area contributed by atoms with Crippen LogP contribution < -0.4 is 29.3 Å². The molecule has 2 aromatic carbocycles. The van der Waals surface area contributed by atoms with Crippen LogP contribution >= 0.6 is 0 Å². The highest BCUT2D eigenvalue weighted by atomic mass is 19.1. The van der Waals surface area contributed by atoms with E-state index in [9.17, 15) is 0 Å². The van der Waals surface area contributed by atoms with Gasteiger partial charge >= 0.3 is 0 Å². The molecule has 8 aromatic rings. The minimum Gasteiger partial charge on any atom is -0.497 e. The lowest BCUT2D eigenvalue weighted by Crippen LogP contribution is -2.38. The van der Waals surface area contributed by atoms with Gasteiger partial charge in [0.1, 0.15) is 39.5 Å². The number of ether oxygens (including phenoxy) is 6. The Labute approximate surface area is 377 Å². The van der Waals surface area contributed by atoms with E-state index in [4.69, 9.17) is 38.4 Å². The van der Waals surface area contributed by atoms with Crippen molar-refractivity contribution in [2.45, 2.75) is 6.54 Å². The fourth-order valence-electron chi connectivity index (χ4n) is 7.42. The molecule has 18 nitrogen and oxygen atoms in total. The van der Waals surface area contributed by atoms with Crippen LogP contribution in [0.15, 0.2) is 90.7 Å². The van der Waals surface area contributed by atoms with Gasteiger partial charge in [-0.15, -0.1) is 0 Å². The summed E-state index contributed by atoms with van der Waals surface area (Å²) in [6.45, 7) is 3.65. The minimum atomic E-state index is -0.563. The molecule has 340 valence electrons. The topological polar surface area (TPSA) is 176 Å². The van der Waals surface area contributed by atoms with Crippen LogP contribution in [-0.4, -0.2) is 110 Å². The number of aryl methyl sites for hydroxylation is 2. The van der Waals surface area contributed by atoms with Crippen LogP contribution in [-0.2, 0) is 30.1 Å². The van der Waals surface area contributed by atoms with Crippen molar-refractivity contribution >= 4 is 39.5 Å². The molecule has 2 fully saturated rings. The second-order valence-corrected chi connectivity index (χ2v) is 15.7. The van der Waals surface area contributed by atoms with Crippen molar-refractivity contribution in [3.05, 3.63) is 103 Å². The van der Waals surface area contributed by atoms with E-state index in [2.05, 4.69) is 30.1 Å². The summed E-state index contributed by atoms with van der Waals surface area (Å²) < 4.78 is 67.5. The van der Waals surface area contributed by atoms with E-state index in [1.807, 2.05) is 60.2 Å². The van der Waals surface area contributed by atoms with Gasteiger partial charge in [-0.05, 0) is 24.3 Å². The van der Waals surface area contributed by atoms with Gasteiger partial charge in [-0.3, -0.25) is 19.3 Å². The zero-order valence-corrected chi connectivity index (χ0v) is 37.1. The predicted molar refractivity (Wildman–Crippen MR) is 239 cm³/mol. The molecule has 2 saturated heterocycles. The number of aromatic nitrogens is 10. The molecule has 2 aliphatic heterocycles. The van der Waals surface area contributed by atoms with Crippen LogP contribution in [0.1, 0.15) is 0 Å². The van der Waals surface area contributed by atoms with Crippen molar-refractivity contribution in [2.75, 3.05) is 66.3 Å². The van der Waals surface area contributed by atoms with Crippen molar-refractivity contribution in [3.8, 4) is 45.5 Å². The van der Waals surface area contributed by atoms with Crippen molar-refractivity contribution in [1.29, 1.82) is 0 Å². The molecule has 6 aromatic heterocycles. The first-order valence-corrected chi connectivity index (χ1v) is 20.9. The van der Waals surface area contributed by atoms with Crippen molar-refractivity contribution in [1.82, 2.24) is 49.0 Å². The quantitative estimate of drug-likeness (QED) is 0.127. The number of pyridine rings is 2. The van der Waals surface area contributed by atoms with E-state index in [1.54, 1.807) is 40.2 Å². The Bertz CT molecular complexity index is 3110. The SMILES string of the molecule is COc1cc(N=c2ccc3ncc(-c4cnn(C)c4)nc3n2CC2COC2)c(F)c(OC)c1.COc1cc(OC)c(F)c(N(CC2COC2)c2ccc3ncc(-c4cnn(C)c4)nc3n2)c1. The maximum Gasteiger partial charge on any atom is 0.190 e. The number of hydrogen-bond acceptors (Lipinski definition) is 15. The smallest absolute Gasteiger partial charge is 0.190 e. The van der Waals surface area contributed by atoms with Crippen LogP contribution in [0, 0.1) is 23.5 Å². The molecule has 0 N–H and O–H groups in total. The van der Waals surface area contributed by atoms with Gasteiger partial charge in [-0.2, -0.15) is 10.2 Å². The Hall–Kier alpha value is -7.58. The fraction of sp³-hybridized carbons (Fsp3) is 0.304. The summed E-state index contributed by atoms with van der Waals surface area (Å²) in [7, 11) is 9.57. The lowest BCUT2D eigenvalue weighted by molar-refractivity contribution is -0.0394. The number of fused-ring (bicyclic) bond motifs is 2. The van der Waals surface area contributed by atoms with Crippen LogP contribution in [0.5, 0.6) is 23.0 Å². The first-order chi connectivity index (χ1) is 32.1. The summed E-state index contributed by atoms with van der Waals surface area (Å²) in [5, 5.41) is 8.42. The maximum atomic E-state index is 15.4. The van der Waals surface area contributed by atoms with Gasteiger partial charge in [0.25, 0.3) is 0 Å². The molecule has 0 bridgehead atoms. The number of methoxy groups -OCH3 is 4. The lowest BCUT2D eigenvalue weighted by atomic mass is 10.1. The Morgan fingerprint density at radius 2 is 1.29 bits per heavy atom. The van der Waals surface area contributed by atoms with Gasteiger partial charge < -0.3 is 37.9 Å². The third-order valence-corrected chi connectivity index (χ3v) is 11.1. The van der Waals surface area contributed by atoms with Crippen LogP contribution in [0.3, 0.4) is 0 Å².